The van der Waals surface area contributed by atoms with E-state index in [0.29, 0.717) is 17.4 Å². The van der Waals surface area contributed by atoms with E-state index in [2.05, 4.69) is 20.8 Å². The molecule has 7 heteroatoms. The molecule has 1 amide bonds. The first-order valence-electron chi connectivity index (χ1n) is 7.88. The second kappa shape index (κ2) is 7.59. The Bertz CT molecular complexity index is 715. The first kappa shape index (κ1) is 16.7. The number of aromatic nitrogens is 2. The van der Waals surface area contributed by atoms with Gasteiger partial charge in [0.25, 0.3) is 5.91 Å². The fourth-order valence-electron chi connectivity index (χ4n) is 2.53. The van der Waals surface area contributed by atoms with Gasteiger partial charge in [-0.2, -0.15) is 0 Å². The lowest BCUT2D eigenvalue weighted by Crippen LogP contribution is -2.32. The molecule has 1 aliphatic rings. The lowest BCUT2D eigenvalue weighted by atomic mass is 10.2. The summed E-state index contributed by atoms with van der Waals surface area (Å²) in [6, 6.07) is 8.91. The third-order valence-electron chi connectivity index (χ3n) is 3.86. The zero-order chi connectivity index (χ0) is 16.9. The zero-order valence-electron chi connectivity index (χ0n) is 13.4. The number of carbonyl (C=O) groups is 1. The van der Waals surface area contributed by atoms with Gasteiger partial charge in [0, 0.05) is 23.9 Å². The molecule has 24 heavy (non-hydrogen) atoms. The second-order valence-electron chi connectivity index (χ2n) is 5.73. The van der Waals surface area contributed by atoms with Gasteiger partial charge < -0.3 is 15.4 Å². The predicted molar refractivity (Wildman–Crippen MR) is 92.8 cm³/mol. The molecule has 1 unspecified atom stereocenters. The number of amides is 1. The second-order valence-corrected chi connectivity index (χ2v) is 6.17. The van der Waals surface area contributed by atoms with E-state index in [4.69, 9.17) is 16.3 Å². The maximum absolute atomic E-state index is 12.1. The maximum Gasteiger partial charge on any atom is 0.271 e. The summed E-state index contributed by atoms with van der Waals surface area (Å²) < 4.78 is 5.47. The van der Waals surface area contributed by atoms with Gasteiger partial charge in [-0.05, 0) is 55.7 Å². The molecule has 1 aromatic heterocycles. The summed E-state index contributed by atoms with van der Waals surface area (Å²) in [6.07, 6.45) is 2.14. The monoisotopic (exact) mass is 346 g/mol. The van der Waals surface area contributed by atoms with Gasteiger partial charge in [0.15, 0.2) is 11.5 Å². The smallest absolute Gasteiger partial charge is 0.271 e. The number of halogens is 1. The molecule has 1 saturated heterocycles. The van der Waals surface area contributed by atoms with E-state index >= 15 is 0 Å². The molecule has 0 saturated carbocycles. The molecule has 3 rings (SSSR count). The van der Waals surface area contributed by atoms with Crippen LogP contribution in [0, 0.1) is 6.92 Å². The minimum absolute atomic E-state index is 0.107. The Balaban J connectivity index is 1.59. The number of nitrogens with one attached hydrogen (secondary N) is 2. The van der Waals surface area contributed by atoms with Gasteiger partial charge in [-0.15, -0.1) is 10.2 Å². The Morgan fingerprint density at radius 3 is 2.88 bits per heavy atom. The van der Waals surface area contributed by atoms with Crippen molar-refractivity contribution in [2.24, 2.45) is 0 Å². The number of hydrogen-bond acceptors (Lipinski definition) is 5. The maximum atomic E-state index is 12.1. The Morgan fingerprint density at radius 2 is 2.21 bits per heavy atom. The Kier molecular flexibility index (Phi) is 5.27. The van der Waals surface area contributed by atoms with Crippen molar-refractivity contribution in [3.8, 4) is 0 Å². The van der Waals surface area contributed by atoms with Crippen molar-refractivity contribution in [3.63, 3.8) is 0 Å². The highest BCUT2D eigenvalue weighted by molar-refractivity contribution is 6.30. The molecule has 0 radical (unpaired) electrons. The van der Waals surface area contributed by atoms with Crippen molar-refractivity contribution < 1.29 is 9.53 Å². The lowest BCUT2D eigenvalue weighted by Gasteiger charge is -2.11. The van der Waals surface area contributed by atoms with Crippen LogP contribution in [0.15, 0.2) is 30.3 Å². The van der Waals surface area contributed by atoms with Crippen molar-refractivity contribution in [3.05, 3.63) is 46.6 Å². The summed E-state index contributed by atoms with van der Waals surface area (Å²) in [5.41, 5.74) is 2.18. The summed E-state index contributed by atoms with van der Waals surface area (Å²) in [5, 5.41) is 14.7. The van der Waals surface area contributed by atoms with Gasteiger partial charge in [-0.3, -0.25) is 4.79 Å². The summed E-state index contributed by atoms with van der Waals surface area (Å²) in [7, 11) is 0. The molecule has 126 valence electrons. The predicted octanol–water partition coefficient (Wildman–Crippen LogP) is 3.09. The Hall–Kier alpha value is -2.18. The molecule has 2 aromatic rings. The van der Waals surface area contributed by atoms with Crippen LogP contribution in [-0.2, 0) is 4.74 Å². The van der Waals surface area contributed by atoms with Gasteiger partial charge in [-0.1, -0.05) is 11.6 Å². The number of ether oxygens (including phenoxy) is 1. The molecule has 0 aliphatic carbocycles. The van der Waals surface area contributed by atoms with E-state index in [1.54, 1.807) is 18.2 Å². The highest BCUT2D eigenvalue weighted by Crippen LogP contribution is 2.22. The fourth-order valence-corrected chi connectivity index (χ4v) is 2.75. The topological polar surface area (TPSA) is 76.1 Å². The third-order valence-corrected chi connectivity index (χ3v) is 4.10. The number of rotatable bonds is 5. The molecule has 1 atom stereocenters. The lowest BCUT2D eigenvalue weighted by molar-refractivity contribution is 0.0853. The number of nitrogens with zero attached hydrogens (tertiary/aromatic N) is 2. The largest absolute Gasteiger partial charge is 0.376 e. The number of benzene rings is 1. The van der Waals surface area contributed by atoms with E-state index in [9.17, 15) is 4.79 Å². The van der Waals surface area contributed by atoms with Crippen LogP contribution >= 0.6 is 11.6 Å². The molecule has 2 N–H and O–H groups in total. The molecule has 6 nitrogen and oxygen atoms in total. The van der Waals surface area contributed by atoms with Crippen LogP contribution in [0.1, 0.15) is 28.9 Å². The van der Waals surface area contributed by atoms with E-state index in [0.717, 1.165) is 30.7 Å². The van der Waals surface area contributed by atoms with Crippen molar-refractivity contribution in [1.29, 1.82) is 0 Å². The quantitative estimate of drug-likeness (QED) is 0.870. The van der Waals surface area contributed by atoms with Crippen LogP contribution < -0.4 is 10.6 Å². The normalized spacial score (nSPS) is 16.8. The van der Waals surface area contributed by atoms with Crippen LogP contribution in [0.4, 0.5) is 11.5 Å². The third kappa shape index (κ3) is 4.21. The standard InChI is InChI=1S/C17H19ClN4O2/c1-11-9-12(18)4-5-14(11)20-16-7-6-15(21-22-16)17(23)19-10-13-3-2-8-24-13/h4-7,9,13H,2-3,8,10H2,1H3,(H,19,23)(H,20,22). The minimum Gasteiger partial charge on any atom is -0.376 e. The molecule has 0 spiro atoms. The van der Waals surface area contributed by atoms with Gasteiger partial charge >= 0.3 is 0 Å². The molecular weight excluding hydrogens is 328 g/mol. The highest BCUT2D eigenvalue weighted by Gasteiger charge is 2.17. The first-order chi connectivity index (χ1) is 11.6. The summed E-state index contributed by atoms with van der Waals surface area (Å²) in [4.78, 5) is 12.1. The van der Waals surface area contributed by atoms with Crippen LogP contribution in [0.25, 0.3) is 0 Å². The van der Waals surface area contributed by atoms with Gasteiger partial charge in [0.2, 0.25) is 0 Å². The number of aryl methyl sites for hydroxylation is 1. The first-order valence-corrected chi connectivity index (χ1v) is 8.26. The van der Waals surface area contributed by atoms with E-state index in [1.165, 1.54) is 0 Å². The molecule has 2 heterocycles. The van der Waals surface area contributed by atoms with Gasteiger partial charge in [-0.25, -0.2) is 0 Å². The zero-order valence-corrected chi connectivity index (χ0v) is 14.1. The van der Waals surface area contributed by atoms with Crippen molar-refractivity contribution in [1.82, 2.24) is 15.5 Å². The van der Waals surface area contributed by atoms with Crippen molar-refractivity contribution >= 4 is 29.0 Å². The van der Waals surface area contributed by atoms with Crippen molar-refractivity contribution in [2.45, 2.75) is 25.9 Å². The number of anilines is 2. The summed E-state index contributed by atoms with van der Waals surface area (Å²) in [5.74, 6) is 0.323. The molecule has 1 aliphatic heterocycles. The molecule has 1 fully saturated rings. The van der Waals surface area contributed by atoms with E-state index in [1.807, 2.05) is 19.1 Å². The van der Waals surface area contributed by atoms with Crippen LogP contribution in [-0.4, -0.2) is 35.4 Å². The van der Waals surface area contributed by atoms with Crippen LogP contribution in [0.5, 0.6) is 0 Å². The van der Waals surface area contributed by atoms with E-state index < -0.39 is 0 Å². The SMILES string of the molecule is Cc1cc(Cl)ccc1Nc1ccc(C(=O)NCC2CCCO2)nn1. The van der Waals surface area contributed by atoms with Gasteiger partial charge in [0.1, 0.15) is 0 Å². The number of hydrogen-bond donors (Lipinski definition) is 2. The average Bonchev–Trinajstić information content (AvgIpc) is 3.09. The Morgan fingerprint density at radius 1 is 1.33 bits per heavy atom. The van der Waals surface area contributed by atoms with Crippen LogP contribution in [0.2, 0.25) is 5.02 Å². The average molecular weight is 347 g/mol. The van der Waals surface area contributed by atoms with E-state index in [-0.39, 0.29) is 17.7 Å². The highest BCUT2D eigenvalue weighted by atomic mass is 35.5. The molecular formula is C17H19ClN4O2. The summed E-state index contributed by atoms with van der Waals surface area (Å²) in [6.45, 7) is 3.23. The fraction of sp³-hybridized carbons (Fsp3) is 0.353. The molecule has 0 bridgehead atoms. The molecule has 1 aromatic carbocycles. The number of carbonyl (C=O) groups excluding carboxylic acids is 1. The Labute approximate surface area is 145 Å². The minimum atomic E-state index is -0.243. The van der Waals surface area contributed by atoms with Gasteiger partial charge in [0.05, 0.1) is 6.10 Å². The summed E-state index contributed by atoms with van der Waals surface area (Å²) >= 11 is 5.94. The van der Waals surface area contributed by atoms with Crippen LogP contribution in [0.3, 0.4) is 0 Å². The van der Waals surface area contributed by atoms with Crippen molar-refractivity contribution in [2.75, 3.05) is 18.5 Å².